The van der Waals surface area contributed by atoms with Crippen LogP contribution in [0.15, 0.2) is 33.9 Å². The van der Waals surface area contributed by atoms with E-state index in [2.05, 4.69) is 38.3 Å². The van der Waals surface area contributed by atoms with Gasteiger partial charge in [-0.15, -0.1) is 10.2 Å². The molecule has 0 aliphatic carbocycles. The van der Waals surface area contributed by atoms with Crippen molar-refractivity contribution in [3.05, 3.63) is 40.1 Å². The first-order valence-corrected chi connectivity index (χ1v) is 6.49. The highest BCUT2D eigenvalue weighted by Crippen LogP contribution is 2.21. The zero-order valence-corrected chi connectivity index (χ0v) is 11.1. The van der Waals surface area contributed by atoms with Crippen molar-refractivity contribution in [1.29, 1.82) is 0 Å². The van der Waals surface area contributed by atoms with Crippen LogP contribution in [0.25, 0.3) is 0 Å². The molecule has 4 nitrogen and oxygen atoms in total. The summed E-state index contributed by atoms with van der Waals surface area (Å²) in [6.45, 7) is 1.83. The highest BCUT2D eigenvalue weighted by molar-refractivity contribution is 9.10. The standard InChI is InChI=1S/C10H11BrN4S/c1-7-13-14-10(15(7)12)16-6-8-2-4-9(11)5-3-8/h2-5H,6,12H2,1H3. The Kier molecular flexibility index (Phi) is 3.50. The van der Waals surface area contributed by atoms with Gasteiger partial charge in [0, 0.05) is 10.2 Å². The van der Waals surface area contributed by atoms with Crippen LogP contribution < -0.4 is 5.84 Å². The Labute approximate surface area is 106 Å². The van der Waals surface area contributed by atoms with Crippen molar-refractivity contribution in [3.8, 4) is 0 Å². The average molecular weight is 299 g/mol. The maximum absolute atomic E-state index is 5.75. The normalized spacial score (nSPS) is 10.6. The summed E-state index contributed by atoms with van der Waals surface area (Å²) in [5.74, 6) is 7.31. The number of aryl methyl sites for hydroxylation is 1. The van der Waals surface area contributed by atoms with Crippen LogP contribution in [-0.2, 0) is 5.75 Å². The van der Waals surface area contributed by atoms with Crippen LogP contribution in [0.5, 0.6) is 0 Å². The molecule has 0 fully saturated rings. The van der Waals surface area contributed by atoms with Crippen molar-refractivity contribution in [1.82, 2.24) is 14.9 Å². The molecule has 0 amide bonds. The van der Waals surface area contributed by atoms with Crippen molar-refractivity contribution in [3.63, 3.8) is 0 Å². The third-order valence-electron chi connectivity index (χ3n) is 2.12. The molecule has 0 radical (unpaired) electrons. The zero-order valence-electron chi connectivity index (χ0n) is 8.72. The van der Waals surface area contributed by atoms with Gasteiger partial charge in [0.05, 0.1) is 0 Å². The van der Waals surface area contributed by atoms with E-state index in [9.17, 15) is 0 Å². The largest absolute Gasteiger partial charge is 0.336 e. The molecule has 0 aliphatic rings. The number of nitrogens with two attached hydrogens (primary N) is 1. The number of benzene rings is 1. The quantitative estimate of drug-likeness (QED) is 0.698. The SMILES string of the molecule is Cc1nnc(SCc2ccc(Br)cc2)n1N. The maximum Gasteiger partial charge on any atom is 0.210 e. The molecular weight excluding hydrogens is 288 g/mol. The van der Waals surface area contributed by atoms with E-state index in [1.165, 1.54) is 10.2 Å². The predicted octanol–water partition coefficient (Wildman–Crippen LogP) is 2.36. The third-order valence-corrected chi connectivity index (χ3v) is 3.66. The molecule has 6 heteroatoms. The second-order valence-corrected chi connectivity index (χ2v) is 5.17. The molecule has 0 unspecified atom stereocenters. The summed E-state index contributed by atoms with van der Waals surface area (Å²) in [4.78, 5) is 0. The summed E-state index contributed by atoms with van der Waals surface area (Å²) < 4.78 is 2.59. The Morgan fingerprint density at radius 1 is 1.31 bits per heavy atom. The van der Waals surface area contributed by atoms with E-state index in [1.807, 2.05) is 19.1 Å². The minimum atomic E-state index is 0.721. The summed E-state index contributed by atoms with van der Waals surface area (Å²) in [5, 5.41) is 8.63. The van der Waals surface area contributed by atoms with Gasteiger partial charge in [-0.3, -0.25) is 0 Å². The van der Waals surface area contributed by atoms with Crippen LogP contribution in [0.3, 0.4) is 0 Å². The Morgan fingerprint density at radius 3 is 2.56 bits per heavy atom. The van der Waals surface area contributed by atoms with Crippen LogP contribution >= 0.6 is 27.7 Å². The maximum atomic E-state index is 5.75. The Hall–Kier alpha value is -1.01. The van der Waals surface area contributed by atoms with Gasteiger partial charge in [-0.2, -0.15) is 0 Å². The number of hydrogen-bond acceptors (Lipinski definition) is 4. The summed E-state index contributed by atoms with van der Waals surface area (Å²) in [6.07, 6.45) is 0. The lowest BCUT2D eigenvalue weighted by Crippen LogP contribution is -2.11. The van der Waals surface area contributed by atoms with Gasteiger partial charge in [0.1, 0.15) is 5.82 Å². The first-order chi connectivity index (χ1) is 7.66. The van der Waals surface area contributed by atoms with Gasteiger partial charge in [-0.1, -0.05) is 39.8 Å². The van der Waals surface area contributed by atoms with Crippen molar-refractivity contribution >= 4 is 27.7 Å². The molecule has 0 spiro atoms. The second-order valence-electron chi connectivity index (χ2n) is 3.31. The molecule has 1 aromatic carbocycles. The van der Waals surface area contributed by atoms with E-state index in [-0.39, 0.29) is 0 Å². The summed E-state index contributed by atoms with van der Waals surface area (Å²) in [6, 6.07) is 8.19. The number of nitrogen functional groups attached to an aromatic ring is 1. The highest BCUT2D eigenvalue weighted by atomic mass is 79.9. The van der Waals surface area contributed by atoms with Crippen molar-refractivity contribution in [2.45, 2.75) is 17.8 Å². The number of nitrogens with zero attached hydrogens (tertiary/aromatic N) is 3. The fourth-order valence-electron chi connectivity index (χ4n) is 1.18. The van der Waals surface area contributed by atoms with Crippen molar-refractivity contribution in [2.24, 2.45) is 0 Å². The van der Waals surface area contributed by atoms with Gasteiger partial charge < -0.3 is 5.84 Å². The van der Waals surface area contributed by atoms with Gasteiger partial charge in [0.25, 0.3) is 0 Å². The minimum absolute atomic E-state index is 0.721. The van der Waals surface area contributed by atoms with Crippen molar-refractivity contribution in [2.75, 3.05) is 5.84 Å². The first-order valence-electron chi connectivity index (χ1n) is 4.71. The van der Waals surface area contributed by atoms with Gasteiger partial charge in [-0.05, 0) is 24.6 Å². The lowest BCUT2D eigenvalue weighted by Gasteiger charge is -2.01. The first kappa shape index (κ1) is 11.5. The van der Waals surface area contributed by atoms with Crippen LogP contribution in [0.1, 0.15) is 11.4 Å². The Balaban J connectivity index is 2.02. The molecular formula is C10H11BrN4S. The smallest absolute Gasteiger partial charge is 0.210 e. The number of aromatic nitrogens is 3. The summed E-state index contributed by atoms with van der Waals surface area (Å²) in [5.41, 5.74) is 1.23. The lowest BCUT2D eigenvalue weighted by atomic mass is 10.2. The third kappa shape index (κ3) is 2.56. The van der Waals surface area contributed by atoms with Gasteiger partial charge in [-0.25, -0.2) is 4.68 Å². The number of rotatable bonds is 3. The van der Waals surface area contributed by atoms with E-state index in [4.69, 9.17) is 5.84 Å². The molecule has 0 aliphatic heterocycles. The van der Waals surface area contributed by atoms with Crippen LogP contribution in [0, 0.1) is 6.92 Å². The molecule has 2 N–H and O–H groups in total. The fraction of sp³-hybridized carbons (Fsp3) is 0.200. The molecule has 0 atom stereocenters. The van der Waals surface area contributed by atoms with E-state index in [1.54, 1.807) is 11.8 Å². The predicted molar refractivity (Wildman–Crippen MR) is 68.6 cm³/mol. The lowest BCUT2D eigenvalue weighted by molar-refractivity contribution is 0.825. The molecule has 2 rings (SSSR count). The summed E-state index contributed by atoms with van der Waals surface area (Å²) in [7, 11) is 0. The topological polar surface area (TPSA) is 56.7 Å². The molecule has 0 saturated carbocycles. The number of thioether (sulfide) groups is 1. The number of halogens is 1. The van der Waals surface area contributed by atoms with E-state index in [0.29, 0.717) is 0 Å². The van der Waals surface area contributed by atoms with E-state index >= 15 is 0 Å². The van der Waals surface area contributed by atoms with Crippen LogP contribution in [0.4, 0.5) is 0 Å². The van der Waals surface area contributed by atoms with E-state index in [0.717, 1.165) is 21.2 Å². The molecule has 1 aromatic heterocycles. The number of hydrogen-bond donors (Lipinski definition) is 1. The molecule has 0 saturated heterocycles. The van der Waals surface area contributed by atoms with E-state index < -0.39 is 0 Å². The molecule has 2 aromatic rings. The highest BCUT2D eigenvalue weighted by Gasteiger charge is 2.06. The van der Waals surface area contributed by atoms with Crippen LogP contribution in [-0.4, -0.2) is 14.9 Å². The zero-order chi connectivity index (χ0) is 11.5. The molecule has 0 bridgehead atoms. The summed E-state index contributed by atoms with van der Waals surface area (Å²) >= 11 is 4.98. The Bertz CT molecular complexity index is 480. The Morgan fingerprint density at radius 2 is 2.00 bits per heavy atom. The minimum Gasteiger partial charge on any atom is -0.336 e. The monoisotopic (exact) mass is 298 g/mol. The molecule has 1 heterocycles. The molecule has 84 valence electrons. The second kappa shape index (κ2) is 4.88. The van der Waals surface area contributed by atoms with Gasteiger partial charge in [0.15, 0.2) is 0 Å². The van der Waals surface area contributed by atoms with Gasteiger partial charge in [0.2, 0.25) is 5.16 Å². The fourth-order valence-corrected chi connectivity index (χ4v) is 2.30. The average Bonchev–Trinajstić information content (AvgIpc) is 2.60. The van der Waals surface area contributed by atoms with Gasteiger partial charge >= 0.3 is 0 Å². The van der Waals surface area contributed by atoms with Crippen molar-refractivity contribution < 1.29 is 0 Å². The van der Waals surface area contributed by atoms with Crippen LogP contribution in [0.2, 0.25) is 0 Å². The molecule has 16 heavy (non-hydrogen) atoms.